The lowest BCUT2D eigenvalue weighted by Gasteiger charge is -2.31. The fourth-order valence-corrected chi connectivity index (χ4v) is 1.10. The van der Waals surface area contributed by atoms with Gasteiger partial charge < -0.3 is 10.4 Å². The summed E-state index contributed by atoms with van der Waals surface area (Å²) in [6.07, 6.45) is 4.76. The molecule has 1 saturated carbocycles. The first-order valence-corrected chi connectivity index (χ1v) is 4.60. The zero-order valence-electron chi connectivity index (χ0n) is 7.56. The maximum absolute atomic E-state index is 9.63. The minimum atomic E-state index is -0.504. The van der Waals surface area contributed by atoms with Crippen LogP contribution < -0.4 is 5.32 Å². The summed E-state index contributed by atoms with van der Waals surface area (Å²) in [6.45, 7) is 4.65. The summed E-state index contributed by atoms with van der Waals surface area (Å²) in [7, 11) is 0. The first kappa shape index (κ1) is 9.01. The minimum absolute atomic E-state index is 0.504. The van der Waals surface area contributed by atoms with Gasteiger partial charge in [0.25, 0.3) is 0 Å². The Balaban J connectivity index is 2.09. The molecule has 0 saturated heterocycles. The van der Waals surface area contributed by atoms with Crippen molar-refractivity contribution >= 4 is 0 Å². The van der Waals surface area contributed by atoms with Gasteiger partial charge in [-0.05, 0) is 26.2 Å². The summed E-state index contributed by atoms with van der Waals surface area (Å²) in [6, 6.07) is 0.688. The molecule has 1 aliphatic rings. The molecular formula is C9H19NO. The molecule has 0 aromatic rings. The largest absolute Gasteiger partial charge is 0.389 e. The van der Waals surface area contributed by atoms with Crippen molar-refractivity contribution in [3.05, 3.63) is 0 Å². The molecule has 2 N–H and O–H groups in total. The molecule has 0 radical (unpaired) electrons. The predicted octanol–water partition coefficient (Wildman–Crippen LogP) is 1.29. The third-order valence-electron chi connectivity index (χ3n) is 2.64. The van der Waals surface area contributed by atoms with Crippen molar-refractivity contribution in [1.29, 1.82) is 0 Å². The highest BCUT2D eigenvalue weighted by Gasteiger charge is 2.22. The summed E-state index contributed by atoms with van der Waals surface area (Å²) in [5.74, 6) is 0. The van der Waals surface area contributed by atoms with Crippen molar-refractivity contribution in [2.45, 2.75) is 51.2 Å². The second-order valence-electron chi connectivity index (χ2n) is 3.86. The van der Waals surface area contributed by atoms with Crippen LogP contribution in [0.5, 0.6) is 0 Å². The van der Waals surface area contributed by atoms with Crippen LogP contribution in [-0.4, -0.2) is 23.3 Å². The van der Waals surface area contributed by atoms with Crippen LogP contribution in [0, 0.1) is 0 Å². The highest BCUT2D eigenvalue weighted by Crippen LogP contribution is 2.19. The molecule has 0 heterocycles. The summed E-state index contributed by atoms with van der Waals surface area (Å²) >= 11 is 0. The fraction of sp³-hybridized carbons (Fsp3) is 1.00. The standard InChI is InChI=1S/C9H19NO/c1-3-9(2,11)7-10-8-5-4-6-8/h8,10-11H,3-7H2,1-2H3. The van der Waals surface area contributed by atoms with Gasteiger partial charge in [-0.2, -0.15) is 0 Å². The lowest BCUT2D eigenvalue weighted by Crippen LogP contribution is -2.44. The molecule has 0 aromatic carbocycles. The van der Waals surface area contributed by atoms with E-state index in [1.54, 1.807) is 0 Å². The predicted molar refractivity (Wildman–Crippen MR) is 46.6 cm³/mol. The molecule has 1 unspecified atom stereocenters. The maximum atomic E-state index is 9.63. The smallest absolute Gasteiger partial charge is 0.0741 e. The molecule has 1 fully saturated rings. The topological polar surface area (TPSA) is 32.3 Å². The van der Waals surface area contributed by atoms with Crippen LogP contribution >= 0.6 is 0 Å². The van der Waals surface area contributed by atoms with Gasteiger partial charge in [0.1, 0.15) is 0 Å². The van der Waals surface area contributed by atoms with Crippen molar-refractivity contribution in [3.8, 4) is 0 Å². The molecule has 1 aliphatic carbocycles. The van der Waals surface area contributed by atoms with Crippen LogP contribution in [0.15, 0.2) is 0 Å². The Morgan fingerprint density at radius 1 is 1.55 bits per heavy atom. The molecule has 1 atom stereocenters. The lowest BCUT2D eigenvalue weighted by atomic mass is 9.92. The SMILES string of the molecule is CCC(C)(O)CNC1CCC1. The van der Waals surface area contributed by atoms with Crippen LogP contribution in [-0.2, 0) is 0 Å². The van der Waals surface area contributed by atoms with Crippen molar-refractivity contribution in [1.82, 2.24) is 5.32 Å². The number of hydrogen-bond donors (Lipinski definition) is 2. The van der Waals surface area contributed by atoms with Gasteiger partial charge in [-0.3, -0.25) is 0 Å². The van der Waals surface area contributed by atoms with Crippen LogP contribution in [0.2, 0.25) is 0 Å². The highest BCUT2D eigenvalue weighted by atomic mass is 16.3. The van der Waals surface area contributed by atoms with E-state index in [-0.39, 0.29) is 0 Å². The Hall–Kier alpha value is -0.0800. The van der Waals surface area contributed by atoms with E-state index in [2.05, 4.69) is 5.32 Å². The van der Waals surface area contributed by atoms with Crippen molar-refractivity contribution in [2.24, 2.45) is 0 Å². The number of aliphatic hydroxyl groups is 1. The number of nitrogens with one attached hydrogen (secondary N) is 1. The second kappa shape index (κ2) is 3.55. The average Bonchev–Trinajstić information content (AvgIpc) is 1.84. The summed E-state index contributed by atoms with van der Waals surface area (Å²) in [5.41, 5.74) is -0.504. The molecule has 0 spiro atoms. The van der Waals surface area contributed by atoms with Crippen molar-refractivity contribution in [3.63, 3.8) is 0 Å². The van der Waals surface area contributed by atoms with Gasteiger partial charge in [0.15, 0.2) is 0 Å². The minimum Gasteiger partial charge on any atom is -0.389 e. The van der Waals surface area contributed by atoms with Crippen molar-refractivity contribution in [2.75, 3.05) is 6.54 Å². The Morgan fingerprint density at radius 2 is 2.18 bits per heavy atom. The van der Waals surface area contributed by atoms with E-state index in [4.69, 9.17) is 0 Å². The molecule has 66 valence electrons. The van der Waals surface area contributed by atoms with Crippen molar-refractivity contribution < 1.29 is 5.11 Å². The third kappa shape index (κ3) is 2.80. The van der Waals surface area contributed by atoms with Gasteiger partial charge in [-0.1, -0.05) is 13.3 Å². The van der Waals surface area contributed by atoms with Gasteiger partial charge in [0.2, 0.25) is 0 Å². The molecule has 0 aliphatic heterocycles. The normalized spacial score (nSPS) is 24.3. The van der Waals surface area contributed by atoms with E-state index < -0.39 is 5.60 Å². The molecule has 11 heavy (non-hydrogen) atoms. The summed E-state index contributed by atoms with van der Waals surface area (Å²) in [5, 5.41) is 13.0. The van der Waals surface area contributed by atoms with Gasteiger partial charge in [0, 0.05) is 12.6 Å². The Labute approximate surface area is 69.0 Å². The van der Waals surface area contributed by atoms with Crippen LogP contribution in [0.1, 0.15) is 39.5 Å². The van der Waals surface area contributed by atoms with Gasteiger partial charge in [0.05, 0.1) is 5.60 Å². The molecular weight excluding hydrogens is 138 g/mol. The van der Waals surface area contributed by atoms with Crippen LogP contribution in [0.3, 0.4) is 0 Å². The molecule has 2 nitrogen and oxygen atoms in total. The summed E-state index contributed by atoms with van der Waals surface area (Å²) in [4.78, 5) is 0. The second-order valence-corrected chi connectivity index (χ2v) is 3.86. The van der Waals surface area contributed by atoms with Gasteiger partial charge in [-0.25, -0.2) is 0 Å². The van der Waals surface area contributed by atoms with E-state index in [1.165, 1.54) is 19.3 Å². The molecule has 1 rings (SSSR count). The first-order valence-electron chi connectivity index (χ1n) is 4.60. The van der Waals surface area contributed by atoms with Crippen LogP contribution in [0.25, 0.3) is 0 Å². The zero-order chi connectivity index (χ0) is 8.32. The van der Waals surface area contributed by atoms with E-state index >= 15 is 0 Å². The van der Waals surface area contributed by atoms with E-state index in [1.807, 2.05) is 13.8 Å². The Bertz CT molecular complexity index is 119. The zero-order valence-corrected chi connectivity index (χ0v) is 7.56. The quantitative estimate of drug-likeness (QED) is 0.644. The van der Waals surface area contributed by atoms with Gasteiger partial charge in [-0.15, -0.1) is 0 Å². The molecule has 2 heteroatoms. The first-order chi connectivity index (χ1) is 5.14. The maximum Gasteiger partial charge on any atom is 0.0741 e. The van der Waals surface area contributed by atoms with E-state index in [0.29, 0.717) is 6.04 Å². The Morgan fingerprint density at radius 3 is 2.55 bits per heavy atom. The van der Waals surface area contributed by atoms with Crippen LogP contribution in [0.4, 0.5) is 0 Å². The summed E-state index contributed by atoms with van der Waals surface area (Å²) < 4.78 is 0. The van der Waals surface area contributed by atoms with Gasteiger partial charge >= 0.3 is 0 Å². The Kier molecular flexibility index (Phi) is 2.90. The third-order valence-corrected chi connectivity index (χ3v) is 2.64. The molecule has 0 amide bonds. The van der Waals surface area contributed by atoms with E-state index in [9.17, 15) is 5.11 Å². The average molecular weight is 157 g/mol. The highest BCUT2D eigenvalue weighted by molar-refractivity contribution is 4.81. The lowest BCUT2D eigenvalue weighted by molar-refractivity contribution is 0.0495. The molecule has 0 aromatic heterocycles. The monoisotopic (exact) mass is 157 g/mol. The van der Waals surface area contributed by atoms with E-state index in [0.717, 1.165) is 13.0 Å². The number of rotatable bonds is 4. The molecule has 0 bridgehead atoms. The number of hydrogen-bond acceptors (Lipinski definition) is 2. The fourth-order valence-electron chi connectivity index (χ4n) is 1.10.